The largest absolute Gasteiger partial charge is 0.368 e. The molecule has 17 heavy (non-hydrogen) atoms. The molecule has 1 amide bonds. The number of hydrogen-bond acceptors (Lipinski definition) is 3. The molecule has 2 rings (SSSR count). The SMILES string of the molecule is CC(C)C(C)(C(N)=O)N1C=C2C=CC=NC2C1. The minimum atomic E-state index is -0.645. The molecule has 2 aliphatic rings. The van der Waals surface area contributed by atoms with Crippen molar-refractivity contribution in [2.24, 2.45) is 16.6 Å². The van der Waals surface area contributed by atoms with Gasteiger partial charge < -0.3 is 10.6 Å². The van der Waals surface area contributed by atoms with Gasteiger partial charge >= 0.3 is 0 Å². The number of fused-ring (bicyclic) bond motifs is 1. The molecule has 2 N–H and O–H groups in total. The van der Waals surface area contributed by atoms with Crippen LogP contribution in [0.25, 0.3) is 0 Å². The summed E-state index contributed by atoms with van der Waals surface area (Å²) >= 11 is 0. The van der Waals surface area contributed by atoms with Crippen molar-refractivity contribution >= 4 is 12.1 Å². The Kier molecular flexibility index (Phi) is 2.81. The van der Waals surface area contributed by atoms with E-state index in [9.17, 15) is 4.79 Å². The lowest BCUT2D eigenvalue weighted by Gasteiger charge is -2.39. The summed E-state index contributed by atoms with van der Waals surface area (Å²) in [4.78, 5) is 18.2. The number of amides is 1. The van der Waals surface area contributed by atoms with Crippen molar-refractivity contribution in [3.63, 3.8) is 0 Å². The molecule has 2 heterocycles. The van der Waals surface area contributed by atoms with Crippen LogP contribution in [0.1, 0.15) is 20.8 Å². The molecular weight excluding hydrogens is 214 g/mol. The number of dihydropyridines is 1. The van der Waals surface area contributed by atoms with Crippen LogP contribution in [0.3, 0.4) is 0 Å². The van der Waals surface area contributed by atoms with Gasteiger partial charge in [-0.15, -0.1) is 0 Å². The van der Waals surface area contributed by atoms with Gasteiger partial charge in [-0.2, -0.15) is 0 Å². The molecule has 0 saturated heterocycles. The molecule has 2 atom stereocenters. The van der Waals surface area contributed by atoms with Gasteiger partial charge in [0.25, 0.3) is 0 Å². The van der Waals surface area contributed by atoms with Crippen molar-refractivity contribution in [3.05, 3.63) is 23.9 Å². The highest BCUT2D eigenvalue weighted by Gasteiger charge is 2.43. The molecule has 4 nitrogen and oxygen atoms in total. The molecule has 0 saturated carbocycles. The van der Waals surface area contributed by atoms with Crippen molar-refractivity contribution in [1.82, 2.24) is 4.90 Å². The van der Waals surface area contributed by atoms with Crippen LogP contribution < -0.4 is 5.73 Å². The van der Waals surface area contributed by atoms with Crippen molar-refractivity contribution in [2.45, 2.75) is 32.4 Å². The molecule has 0 aliphatic carbocycles. The summed E-state index contributed by atoms with van der Waals surface area (Å²) in [5.74, 6) is -0.124. The summed E-state index contributed by atoms with van der Waals surface area (Å²) < 4.78 is 0. The number of rotatable bonds is 3. The van der Waals surface area contributed by atoms with Gasteiger partial charge in [0.2, 0.25) is 5.91 Å². The molecule has 0 fully saturated rings. The van der Waals surface area contributed by atoms with E-state index in [0.717, 1.165) is 12.1 Å². The minimum Gasteiger partial charge on any atom is -0.368 e. The van der Waals surface area contributed by atoms with Gasteiger partial charge in [-0.25, -0.2) is 0 Å². The van der Waals surface area contributed by atoms with Gasteiger partial charge in [0.05, 0.1) is 6.04 Å². The maximum Gasteiger partial charge on any atom is 0.243 e. The Hall–Kier alpha value is -1.58. The Labute approximate surface area is 102 Å². The Morgan fingerprint density at radius 3 is 2.88 bits per heavy atom. The van der Waals surface area contributed by atoms with Crippen molar-refractivity contribution < 1.29 is 4.79 Å². The Balaban J connectivity index is 2.30. The molecule has 4 heteroatoms. The molecule has 0 aromatic heterocycles. The number of primary amides is 1. The van der Waals surface area contributed by atoms with Gasteiger partial charge in [-0.1, -0.05) is 19.9 Å². The number of nitrogens with zero attached hydrogens (tertiary/aromatic N) is 2. The summed E-state index contributed by atoms with van der Waals surface area (Å²) in [5, 5.41) is 0. The monoisotopic (exact) mass is 233 g/mol. The fraction of sp³-hybridized carbons (Fsp3) is 0.538. The lowest BCUT2D eigenvalue weighted by molar-refractivity contribution is -0.130. The number of allylic oxidation sites excluding steroid dienone is 1. The van der Waals surface area contributed by atoms with E-state index in [2.05, 4.69) is 4.99 Å². The highest BCUT2D eigenvalue weighted by Crippen LogP contribution is 2.32. The lowest BCUT2D eigenvalue weighted by Crippen LogP contribution is -2.56. The van der Waals surface area contributed by atoms with E-state index in [-0.39, 0.29) is 17.9 Å². The van der Waals surface area contributed by atoms with E-state index < -0.39 is 5.54 Å². The Morgan fingerprint density at radius 2 is 2.35 bits per heavy atom. The summed E-state index contributed by atoms with van der Waals surface area (Å²) in [7, 11) is 0. The maximum atomic E-state index is 11.8. The molecule has 2 aliphatic heterocycles. The summed E-state index contributed by atoms with van der Waals surface area (Å²) in [6.07, 6.45) is 7.78. The van der Waals surface area contributed by atoms with E-state index >= 15 is 0 Å². The first-order valence-corrected chi connectivity index (χ1v) is 5.94. The van der Waals surface area contributed by atoms with Crippen LogP contribution in [0, 0.1) is 5.92 Å². The van der Waals surface area contributed by atoms with E-state index in [1.807, 2.05) is 50.2 Å². The molecule has 0 spiro atoms. The third-order valence-electron chi connectivity index (χ3n) is 3.92. The normalized spacial score (nSPS) is 25.8. The standard InChI is InChI=1S/C13H19N3O/c1-9(2)13(3,12(14)17)16-7-10-5-4-6-15-11(10)8-16/h4-7,9,11H,8H2,1-3H3,(H2,14,17). The molecule has 92 valence electrons. The van der Waals surface area contributed by atoms with Crippen LogP contribution in [-0.2, 0) is 4.79 Å². The fourth-order valence-electron chi connectivity index (χ4n) is 2.29. The number of nitrogens with two attached hydrogens (primary N) is 1. The lowest BCUT2D eigenvalue weighted by atomic mass is 9.86. The average molecular weight is 233 g/mol. The van der Waals surface area contributed by atoms with E-state index in [4.69, 9.17) is 5.73 Å². The molecule has 0 aromatic carbocycles. The van der Waals surface area contributed by atoms with Crippen molar-refractivity contribution in [1.29, 1.82) is 0 Å². The zero-order valence-electron chi connectivity index (χ0n) is 10.6. The van der Waals surface area contributed by atoms with Gasteiger partial charge in [-0.05, 0) is 24.5 Å². The van der Waals surface area contributed by atoms with E-state index in [1.165, 1.54) is 0 Å². The number of carbonyl (C=O) groups excluding carboxylic acids is 1. The van der Waals surface area contributed by atoms with Crippen molar-refractivity contribution in [3.8, 4) is 0 Å². The zero-order chi connectivity index (χ0) is 12.6. The number of hydrogen-bond donors (Lipinski definition) is 1. The van der Waals surface area contributed by atoms with Crippen LogP contribution in [0.4, 0.5) is 0 Å². The molecule has 0 radical (unpaired) electrons. The second-order valence-corrected chi connectivity index (χ2v) is 5.12. The fourth-order valence-corrected chi connectivity index (χ4v) is 2.29. The number of aliphatic imine (C=N–C) groups is 1. The third kappa shape index (κ3) is 1.77. The van der Waals surface area contributed by atoms with Crippen molar-refractivity contribution in [2.75, 3.05) is 6.54 Å². The molecular formula is C13H19N3O. The van der Waals surface area contributed by atoms with Crippen LogP contribution >= 0.6 is 0 Å². The van der Waals surface area contributed by atoms with Crippen LogP contribution in [0.5, 0.6) is 0 Å². The Bertz CT molecular complexity index is 422. The third-order valence-corrected chi connectivity index (χ3v) is 3.92. The first kappa shape index (κ1) is 11.9. The van der Waals surface area contributed by atoms with E-state index in [1.54, 1.807) is 0 Å². The smallest absolute Gasteiger partial charge is 0.243 e. The van der Waals surface area contributed by atoms with Gasteiger partial charge in [0.1, 0.15) is 5.54 Å². The maximum absolute atomic E-state index is 11.8. The van der Waals surface area contributed by atoms with Gasteiger partial charge in [0, 0.05) is 19.0 Å². The highest BCUT2D eigenvalue weighted by molar-refractivity contribution is 5.85. The predicted molar refractivity (Wildman–Crippen MR) is 68.6 cm³/mol. The first-order valence-electron chi connectivity index (χ1n) is 5.94. The second-order valence-electron chi connectivity index (χ2n) is 5.12. The summed E-state index contributed by atoms with van der Waals surface area (Å²) in [6.45, 7) is 6.67. The predicted octanol–water partition coefficient (Wildman–Crippen LogP) is 1.10. The first-order chi connectivity index (χ1) is 7.96. The van der Waals surface area contributed by atoms with Crippen LogP contribution in [0.2, 0.25) is 0 Å². The number of carbonyl (C=O) groups is 1. The summed E-state index contributed by atoms with van der Waals surface area (Å²) in [5.41, 5.74) is 6.08. The average Bonchev–Trinajstić information content (AvgIpc) is 2.70. The summed E-state index contributed by atoms with van der Waals surface area (Å²) in [6, 6.07) is 0.150. The zero-order valence-corrected chi connectivity index (χ0v) is 10.6. The molecule has 2 unspecified atom stereocenters. The highest BCUT2D eigenvalue weighted by atomic mass is 16.1. The minimum absolute atomic E-state index is 0.150. The quantitative estimate of drug-likeness (QED) is 0.793. The second kappa shape index (κ2) is 4.02. The Morgan fingerprint density at radius 1 is 1.65 bits per heavy atom. The van der Waals surface area contributed by atoms with Crippen LogP contribution in [-0.4, -0.2) is 35.1 Å². The molecule has 0 bridgehead atoms. The van der Waals surface area contributed by atoms with E-state index in [0.29, 0.717) is 0 Å². The topological polar surface area (TPSA) is 58.7 Å². The van der Waals surface area contributed by atoms with Gasteiger partial charge in [-0.3, -0.25) is 9.79 Å². The van der Waals surface area contributed by atoms with Crippen LogP contribution in [0.15, 0.2) is 28.9 Å². The molecule has 0 aromatic rings. The van der Waals surface area contributed by atoms with Gasteiger partial charge in [0.15, 0.2) is 0 Å².